The Bertz CT molecular complexity index is 1090. The SMILES string of the molecule is COc1cc(I)c(/C=N\NC(=O)[C@H]2CCCN2S(=O)(=O)c2ccc(Cl)cc2)cc1OC. The monoisotopic (exact) mass is 577 g/mol. The molecule has 0 radical (unpaired) electrons. The van der Waals surface area contributed by atoms with Gasteiger partial charge in [0.1, 0.15) is 6.04 Å². The zero-order valence-electron chi connectivity index (χ0n) is 16.8. The van der Waals surface area contributed by atoms with Crippen molar-refractivity contribution in [3.63, 3.8) is 0 Å². The van der Waals surface area contributed by atoms with Crippen molar-refractivity contribution in [2.45, 2.75) is 23.8 Å². The van der Waals surface area contributed by atoms with Gasteiger partial charge in [-0.3, -0.25) is 4.79 Å². The number of halogens is 2. The van der Waals surface area contributed by atoms with Crippen molar-refractivity contribution >= 4 is 56.3 Å². The zero-order chi connectivity index (χ0) is 22.6. The molecule has 0 aliphatic carbocycles. The van der Waals surface area contributed by atoms with Gasteiger partial charge < -0.3 is 9.47 Å². The van der Waals surface area contributed by atoms with Crippen LogP contribution in [-0.2, 0) is 14.8 Å². The highest BCUT2D eigenvalue weighted by atomic mass is 127. The van der Waals surface area contributed by atoms with Crippen LogP contribution in [-0.4, -0.2) is 51.7 Å². The number of benzene rings is 2. The molecule has 11 heteroatoms. The molecule has 1 atom stereocenters. The zero-order valence-corrected chi connectivity index (χ0v) is 20.6. The van der Waals surface area contributed by atoms with Crippen molar-refractivity contribution in [2.75, 3.05) is 20.8 Å². The van der Waals surface area contributed by atoms with Gasteiger partial charge in [0.05, 0.1) is 25.3 Å². The van der Waals surface area contributed by atoms with Crippen LogP contribution in [0.25, 0.3) is 0 Å². The van der Waals surface area contributed by atoms with Crippen LogP contribution in [0.4, 0.5) is 0 Å². The number of methoxy groups -OCH3 is 2. The second-order valence-corrected chi connectivity index (χ2v) is 10.2. The van der Waals surface area contributed by atoms with E-state index in [0.29, 0.717) is 29.4 Å². The normalized spacial score (nSPS) is 17.1. The largest absolute Gasteiger partial charge is 0.493 e. The quantitative estimate of drug-likeness (QED) is 0.310. The molecule has 2 aromatic rings. The van der Waals surface area contributed by atoms with E-state index < -0.39 is 22.0 Å². The van der Waals surface area contributed by atoms with Crippen molar-refractivity contribution in [1.29, 1.82) is 0 Å². The molecule has 0 aromatic heterocycles. The summed E-state index contributed by atoms with van der Waals surface area (Å²) in [5.41, 5.74) is 3.18. The molecule has 31 heavy (non-hydrogen) atoms. The van der Waals surface area contributed by atoms with Crippen LogP contribution < -0.4 is 14.9 Å². The van der Waals surface area contributed by atoms with E-state index in [2.05, 4.69) is 33.1 Å². The van der Waals surface area contributed by atoms with E-state index in [-0.39, 0.29) is 11.4 Å². The Morgan fingerprint density at radius 1 is 1.23 bits per heavy atom. The average Bonchev–Trinajstić information content (AvgIpc) is 3.26. The van der Waals surface area contributed by atoms with Gasteiger partial charge in [0.2, 0.25) is 10.0 Å². The molecule has 1 aliphatic rings. The number of ether oxygens (including phenoxy) is 2. The molecule has 166 valence electrons. The molecule has 0 bridgehead atoms. The van der Waals surface area contributed by atoms with Crippen molar-refractivity contribution < 1.29 is 22.7 Å². The Morgan fingerprint density at radius 2 is 1.87 bits per heavy atom. The smallest absolute Gasteiger partial charge is 0.258 e. The summed E-state index contributed by atoms with van der Waals surface area (Å²) in [5.74, 6) is 0.635. The second-order valence-electron chi connectivity index (χ2n) is 6.69. The molecule has 3 rings (SSSR count). The molecule has 2 aromatic carbocycles. The van der Waals surface area contributed by atoms with E-state index in [4.69, 9.17) is 21.1 Å². The first kappa shape index (κ1) is 23.8. The minimum Gasteiger partial charge on any atom is -0.493 e. The number of carbonyl (C=O) groups is 1. The summed E-state index contributed by atoms with van der Waals surface area (Å²) >= 11 is 7.98. The second kappa shape index (κ2) is 10.2. The maximum Gasteiger partial charge on any atom is 0.258 e. The number of hydrogen-bond acceptors (Lipinski definition) is 6. The van der Waals surface area contributed by atoms with E-state index in [9.17, 15) is 13.2 Å². The number of amides is 1. The molecule has 0 saturated carbocycles. The predicted octanol–water partition coefficient (Wildman–Crippen LogP) is 3.27. The average molecular weight is 578 g/mol. The van der Waals surface area contributed by atoms with E-state index in [1.54, 1.807) is 19.2 Å². The molecule has 1 heterocycles. The van der Waals surface area contributed by atoms with Gasteiger partial charge in [0.15, 0.2) is 11.5 Å². The van der Waals surface area contributed by atoms with Crippen LogP contribution in [0.15, 0.2) is 46.4 Å². The first-order valence-corrected chi connectivity index (χ1v) is 12.2. The minimum atomic E-state index is -3.82. The molecular formula is C20H21ClIN3O5S. The lowest BCUT2D eigenvalue weighted by Gasteiger charge is -2.22. The summed E-state index contributed by atoms with van der Waals surface area (Å²) in [6.45, 7) is 0.264. The molecule has 0 unspecified atom stereocenters. The summed E-state index contributed by atoms with van der Waals surface area (Å²) in [6, 6.07) is 8.58. The molecule has 1 N–H and O–H groups in total. The third-order valence-corrected chi connectivity index (χ3v) is 7.92. The lowest BCUT2D eigenvalue weighted by atomic mass is 10.2. The molecule has 1 amide bonds. The number of carbonyl (C=O) groups excluding carboxylic acids is 1. The van der Waals surface area contributed by atoms with Crippen molar-refractivity contribution in [2.24, 2.45) is 5.10 Å². The molecule has 8 nitrogen and oxygen atoms in total. The Balaban J connectivity index is 1.73. The standard InChI is InChI=1S/C20H21ClIN3O5S/c1-29-18-10-13(16(22)11-19(18)30-2)12-23-24-20(26)17-4-3-9-25(17)31(27,28)15-7-5-14(21)6-8-15/h5-8,10-12,17H,3-4,9H2,1-2H3,(H,24,26)/b23-12-/t17-/m1/s1. The third-order valence-electron chi connectivity index (χ3n) is 4.81. The topological polar surface area (TPSA) is 97.3 Å². The number of rotatable bonds is 7. The summed E-state index contributed by atoms with van der Waals surface area (Å²) in [5, 5.41) is 4.45. The number of hydrogen-bond donors (Lipinski definition) is 1. The van der Waals surface area contributed by atoms with Gasteiger partial charge in [0.25, 0.3) is 5.91 Å². The molecular weight excluding hydrogens is 557 g/mol. The van der Waals surface area contributed by atoms with E-state index in [1.807, 2.05) is 0 Å². The van der Waals surface area contributed by atoms with Gasteiger partial charge in [-0.25, -0.2) is 13.8 Å². The highest BCUT2D eigenvalue weighted by molar-refractivity contribution is 14.1. The van der Waals surface area contributed by atoms with E-state index in [0.717, 1.165) is 9.13 Å². The Morgan fingerprint density at radius 3 is 2.52 bits per heavy atom. The fraction of sp³-hybridized carbons (Fsp3) is 0.300. The van der Waals surface area contributed by atoms with Crippen LogP contribution in [0, 0.1) is 3.57 Å². The minimum absolute atomic E-state index is 0.0972. The Kier molecular flexibility index (Phi) is 7.78. The van der Waals surface area contributed by atoms with Gasteiger partial charge in [0, 0.05) is 20.7 Å². The van der Waals surface area contributed by atoms with E-state index in [1.165, 1.54) is 41.9 Å². The van der Waals surface area contributed by atoms with Crippen LogP contribution in [0.2, 0.25) is 5.02 Å². The fourth-order valence-electron chi connectivity index (χ4n) is 3.24. The highest BCUT2D eigenvalue weighted by Crippen LogP contribution is 2.31. The first-order chi connectivity index (χ1) is 14.8. The molecule has 0 spiro atoms. The molecule has 1 aliphatic heterocycles. The number of sulfonamides is 1. The fourth-order valence-corrected chi connectivity index (χ4v) is 5.60. The maximum atomic E-state index is 13.0. The first-order valence-electron chi connectivity index (χ1n) is 9.29. The van der Waals surface area contributed by atoms with E-state index >= 15 is 0 Å². The van der Waals surface area contributed by atoms with Gasteiger partial charge in [-0.15, -0.1) is 0 Å². The Labute approximate surface area is 199 Å². The molecule has 1 saturated heterocycles. The van der Waals surface area contributed by atoms with Crippen molar-refractivity contribution in [3.8, 4) is 11.5 Å². The van der Waals surface area contributed by atoms with Crippen LogP contribution in [0.5, 0.6) is 11.5 Å². The molecule has 1 fully saturated rings. The van der Waals surface area contributed by atoms with Crippen molar-refractivity contribution in [3.05, 3.63) is 50.6 Å². The van der Waals surface area contributed by atoms with Gasteiger partial charge in [-0.1, -0.05) is 11.6 Å². The maximum absolute atomic E-state index is 13.0. The Hall–Kier alpha value is -1.89. The summed E-state index contributed by atoms with van der Waals surface area (Å²) in [4.78, 5) is 12.8. The van der Waals surface area contributed by atoms with Crippen LogP contribution >= 0.6 is 34.2 Å². The lowest BCUT2D eigenvalue weighted by molar-refractivity contribution is -0.124. The summed E-state index contributed by atoms with van der Waals surface area (Å²) < 4.78 is 38.5. The van der Waals surface area contributed by atoms with Gasteiger partial charge >= 0.3 is 0 Å². The predicted molar refractivity (Wildman–Crippen MR) is 126 cm³/mol. The summed E-state index contributed by atoms with van der Waals surface area (Å²) in [6.07, 6.45) is 2.49. The lowest BCUT2D eigenvalue weighted by Crippen LogP contribution is -2.44. The van der Waals surface area contributed by atoms with Crippen molar-refractivity contribution in [1.82, 2.24) is 9.73 Å². The number of hydrazone groups is 1. The van der Waals surface area contributed by atoms with Crippen LogP contribution in [0.1, 0.15) is 18.4 Å². The third kappa shape index (κ3) is 5.30. The highest BCUT2D eigenvalue weighted by Gasteiger charge is 2.39. The van der Waals surface area contributed by atoms with Crippen LogP contribution in [0.3, 0.4) is 0 Å². The summed E-state index contributed by atoms with van der Waals surface area (Å²) in [7, 11) is -0.740. The number of nitrogens with one attached hydrogen (secondary N) is 1. The van der Waals surface area contributed by atoms with Gasteiger partial charge in [-0.2, -0.15) is 9.41 Å². The van der Waals surface area contributed by atoms with Gasteiger partial charge in [-0.05, 0) is 71.8 Å². The number of nitrogens with zero attached hydrogens (tertiary/aromatic N) is 2.